The van der Waals surface area contributed by atoms with Gasteiger partial charge in [0.15, 0.2) is 6.29 Å². The number of rotatable bonds is 32. The lowest BCUT2D eigenvalue weighted by Crippen LogP contribution is -2.70. The molecule has 6 atom stereocenters. The molecule has 13 heteroatoms. The van der Waals surface area contributed by atoms with Crippen molar-refractivity contribution in [1.82, 2.24) is 4.90 Å². The van der Waals surface area contributed by atoms with Gasteiger partial charge in [-0.15, -0.1) is 6.58 Å². The van der Waals surface area contributed by atoms with Gasteiger partial charge in [0.2, 0.25) is 11.7 Å². The summed E-state index contributed by atoms with van der Waals surface area (Å²) in [5.41, 5.74) is 2.32. The van der Waals surface area contributed by atoms with E-state index >= 15 is 0 Å². The molecule has 68 heavy (non-hydrogen) atoms. The highest BCUT2D eigenvalue weighted by molar-refractivity contribution is 6.03. The Kier molecular flexibility index (Phi) is 22.3. The lowest BCUT2D eigenvalue weighted by molar-refractivity contribution is -0.258. The van der Waals surface area contributed by atoms with Gasteiger partial charge in [-0.2, -0.15) is 0 Å². The molecule has 378 valence electrons. The van der Waals surface area contributed by atoms with Crippen LogP contribution in [-0.4, -0.2) is 109 Å². The van der Waals surface area contributed by atoms with Crippen LogP contribution in [0.2, 0.25) is 0 Å². The number of carbonyl (C=O) groups is 2. The lowest BCUT2D eigenvalue weighted by atomic mass is 9.55. The van der Waals surface area contributed by atoms with Gasteiger partial charge < -0.3 is 48.7 Å². The average molecular weight is 947 g/mol. The smallest absolute Gasteiger partial charge is 0.239 e. The number of hydrogen-bond donors (Lipinski definition) is 3. The molecular weight excluding hydrogens is 865 g/mol. The first-order valence-corrected chi connectivity index (χ1v) is 25.5. The highest BCUT2D eigenvalue weighted by Crippen LogP contribution is 2.62. The molecule has 0 unspecified atom stereocenters. The van der Waals surface area contributed by atoms with Crippen LogP contribution in [0, 0.1) is 17.8 Å². The van der Waals surface area contributed by atoms with Gasteiger partial charge in [0, 0.05) is 44.1 Å². The van der Waals surface area contributed by atoms with Gasteiger partial charge in [-0.3, -0.25) is 9.59 Å². The number of allylic oxidation sites excluding steroid dienone is 1. The highest BCUT2D eigenvalue weighted by Gasteiger charge is 2.65. The summed E-state index contributed by atoms with van der Waals surface area (Å²) in [5.74, 6) is -0.0746. The predicted molar refractivity (Wildman–Crippen MR) is 266 cm³/mol. The maximum Gasteiger partial charge on any atom is 0.239 e. The first kappa shape index (κ1) is 54.7. The fraction of sp³-hybridized carbons (Fsp3) is 0.655. The Labute approximate surface area is 406 Å². The Morgan fingerprint density at radius 2 is 1.59 bits per heavy atom. The Hall–Kier alpha value is -4.27. The molecule has 1 amide bonds. The van der Waals surface area contributed by atoms with Crippen LogP contribution in [-0.2, 0) is 19.1 Å². The zero-order valence-corrected chi connectivity index (χ0v) is 41.8. The number of methoxy groups -OCH3 is 1. The fourth-order valence-electron chi connectivity index (χ4n) is 10.4. The molecule has 13 nitrogen and oxygen atoms in total. The number of aliphatic hydroxyl groups excluding tert-OH is 3. The topological polar surface area (TPSA) is 166 Å². The summed E-state index contributed by atoms with van der Waals surface area (Å²) >= 11 is 0. The summed E-state index contributed by atoms with van der Waals surface area (Å²) in [7, 11) is 1.52. The third-order valence-electron chi connectivity index (χ3n) is 13.5. The van der Waals surface area contributed by atoms with E-state index in [-0.39, 0.29) is 76.3 Å². The molecule has 1 heterocycles. The molecule has 0 saturated heterocycles. The molecule has 2 aliphatic carbocycles. The SMILES string of the molecule is C=CCO[C@@]12Oc3ccc(Oc4ccc(OC)c(C=O)c4)cc3[C@H]3[C@H](CCCCO)[C@@H](CCCCO)C=C(C(=NOC(C)(C)C)C[C@@H]1N(CCOCCO)C(=O)CCCCCCCCCCC)[C@H]32. The first-order valence-electron chi connectivity index (χ1n) is 25.5. The summed E-state index contributed by atoms with van der Waals surface area (Å²) in [5, 5.41) is 34.7. The Morgan fingerprint density at radius 1 is 0.897 bits per heavy atom. The summed E-state index contributed by atoms with van der Waals surface area (Å²) in [6, 6.07) is 10.2. The van der Waals surface area contributed by atoms with E-state index < -0.39 is 23.3 Å². The zero-order chi connectivity index (χ0) is 48.9. The van der Waals surface area contributed by atoms with Crippen molar-refractivity contribution in [2.45, 2.75) is 160 Å². The van der Waals surface area contributed by atoms with Crippen molar-refractivity contribution in [2.24, 2.45) is 22.9 Å². The van der Waals surface area contributed by atoms with Gasteiger partial charge in [-0.05, 0) is 107 Å². The van der Waals surface area contributed by atoms with E-state index in [0.29, 0.717) is 47.8 Å². The van der Waals surface area contributed by atoms with Gasteiger partial charge in [0.1, 0.15) is 34.6 Å². The molecule has 0 spiro atoms. The van der Waals surface area contributed by atoms with Crippen molar-refractivity contribution in [3.8, 4) is 23.0 Å². The Balaban J connectivity index is 1.69. The molecule has 0 radical (unpaired) electrons. The quantitative estimate of drug-likeness (QED) is 0.0277. The molecule has 2 aromatic carbocycles. The van der Waals surface area contributed by atoms with Crippen molar-refractivity contribution >= 4 is 17.9 Å². The zero-order valence-electron chi connectivity index (χ0n) is 41.8. The molecule has 1 fully saturated rings. The van der Waals surface area contributed by atoms with E-state index in [1.807, 2.05) is 43.9 Å². The molecule has 0 bridgehead atoms. The van der Waals surface area contributed by atoms with Crippen molar-refractivity contribution in [3.05, 3.63) is 71.8 Å². The number of oxime groups is 1. The lowest BCUT2D eigenvalue weighted by Gasteiger charge is -2.60. The van der Waals surface area contributed by atoms with Gasteiger partial charge in [-0.25, -0.2) is 0 Å². The second kappa shape index (κ2) is 27.8. The van der Waals surface area contributed by atoms with Crippen LogP contribution in [0.3, 0.4) is 0 Å². The van der Waals surface area contributed by atoms with E-state index in [9.17, 15) is 24.9 Å². The molecule has 3 aliphatic rings. The summed E-state index contributed by atoms with van der Waals surface area (Å²) < 4.78 is 32.4. The molecular formula is C55H82N2O11. The molecule has 2 aromatic rings. The van der Waals surface area contributed by atoms with Crippen LogP contribution in [0.5, 0.6) is 23.0 Å². The van der Waals surface area contributed by atoms with Gasteiger partial charge >= 0.3 is 0 Å². The van der Waals surface area contributed by atoms with E-state index in [1.54, 1.807) is 24.3 Å². The maximum absolute atomic E-state index is 15.0. The molecule has 1 saturated carbocycles. The van der Waals surface area contributed by atoms with Crippen LogP contribution in [0.15, 0.2) is 65.9 Å². The number of ether oxygens (including phenoxy) is 5. The summed E-state index contributed by atoms with van der Waals surface area (Å²) in [4.78, 5) is 35.2. The number of fused-ring (bicyclic) bond motifs is 2. The number of carbonyl (C=O) groups excluding carboxylic acids is 2. The normalized spacial score (nSPS) is 22.4. The number of unbranched alkanes of at least 4 members (excludes halogenated alkanes) is 10. The molecule has 0 aromatic heterocycles. The number of aliphatic hydroxyl groups is 3. The first-order chi connectivity index (χ1) is 33.0. The summed E-state index contributed by atoms with van der Waals surface area (Å²) in [6.07, 6.45) is 20.1. The van der Waals surface area contributed by atoms with Crippen LogP contribution in [0.1, 0.15) is 159 Å². The van der Waals surface area contributed by atoms with Crippen LogP contribution in [0.4, 0.5) is 0 Å². The van der Waals surface area contributed by atoms with Gasteiger partial charge in [0.25, 0.3) is 0 Å². The van der Waals surface area contributed by atoms with Crippen LogP contribution in [0.25, 0.3) is 0 Å². The minimum absolute atomic E-state index is 0.0174. The van der Waals surface area contributed by atoms with E-state index in [0.717, 1.165) is 74.5 Å². The third-order valence-corrected chi connectivity index (χ3v) is 13.5. The largest absolute Gasteiger partial charge is 0.496 e. The van der Waals surface area contributed by atoms with E-state index in [1.165, 1.54) is 39.2 Å². The number of amides is 1. The van der Waals surface area contributed by atoms with Crippen LogP contribution < -0.4 is 14.2 Å². The number of aldehydes is 1. The monoisotopic (exact) mass is 947 g/mol. The second-order valence-electron chi connectivity index (χ2n) is 19.6. The van der Waals surface area contributed by atoms with Crippen molar-refractivity contribution < 1.29 is 53.4 Å². The third kappa shape index (κ3) is 14.6. The highest BCUT2D eigenvalue weighted by atomic mass is 16.7. The number of nitrogens with zero attached hydrogens (tertiary/aromatic N) is 2. The van der Waals surface area contributed by atoms with Gasteiger partial charge in [-0.1, -0.05) is 88.4 Å². The van der Waals surface area contributed by atoms with E-state index in [4.69, 9.17) is 33.7 Å². The molecule has 5 rings (SSSR count). The average Bonchev–Trinajstić information content (AvgIpc) is 3.33. The molecule has 1 aliphatic heterocycles. The predicted octanol–water partition coefficient (Wildman–Crippen LogP) is 10.5. The summed E-state index contributed by atoms with van der Waals surface area (Å²) in [6.45, 7) is 12.9. The minimum atomic E-state index is -1.42. The fourth-order valence-corrected chi connectivity index (χ4v) is 10.4. The Morgan fingerprint density at radius 3 is 2.25 bits per heavy atom. The van der Waals surface area contributed by atoms with Crippen molar-refractivity contribution in [2.75, 3.05) is 53.3 Å². The number of hydrogen-bond acceptors (Lipinski definition) is 12. The second-order valence-corrected chi connectivity index (χ2v) is 19.6. The maximum atomic E-state index is 15.0. The van der Waals surface area contributed by atoms with Crippen molar-refractivity contribution in [3.63, 3.8) is 0 Å². The van der Waals surface area contributed by atoms with E-state index in [2.05, 4.69) is 19.6 Å². The standard InChI is InChI=1S/C55H82N2O11/c1-7-9-10-11-12-13-14-15-16-23-51(62)57(28-33-64-34-31-60)50-38-47(56-68-54(3,4)5)45-36-40(21-17-19-29-58)44(22-18-20-30-59)52-46-37-43(66-42-24-26-48(63-6)41(35-42)39-61)25-27-49(46)67-55(50,53(45)52)65-32-8-2/h8,24-27,35-37,39-40,44,50,52-53,58-60H,2,7,9-23,28-34,38H2,1,3-6H3/t40-,44+,50-,52+,53+,55+/m0/s1. The van der Waals surface area contributed by atoms with Gasteiger partial charge in [0.05, 0.1) is 50.7 Å². The minimum Gasteiger partial charge on any atom is -0.496 e. The van der Waals surface area contributed by atoms with Crippen molar-refractivity contribution in [1.29, 1.82) is 0 Å². The van der Waals surface area contributed by atoms with Crippen LogP contribution >= 0.6 is 0 Å². The molecule has 3 N–H and O–H groups in total. The number of benzene rings is 2. The Bertz CT molecular complexity index is 1940.